The van der Waals surface area contributed by atoms with Gasteiger partial charge in [-0.2, -0.15) is 0 Å². The second-order valence-electron chi connectivity index (χ2n) is 9.05. The van der Waals surface area contributed by atoms with E-state index in [4.69, 9.17) is 22.9 Å². The van der Waals surface area contributed by atoms with E-state index in [9.17, 15) is 29.1 Å². The van der Waals surface area contributed by atoms with Crippen molar-refractivity contribution in [2.75, 3.05) is 6.54 Å². The normalized spacial score (nSPS) is 14.4. The third kappa shape index (κ3) is 13.2. The number of carbonyl (C=O) groups is 5. The van der Waals surface area contributed by atoms with Gasteiger partial charge in [-0.25, -0.2) is 4.79 Å². The summed E-state index contributed by atoms with van der Waals surface area (Å²) in [6.07, 6.45) is 0.0713. The number of aliphatic imine (C=N–C) groups is 1. The van der Waals surface area contributed by atoms with E-state index in [0.29, 0.717) is 6.42 Å². The van der Waals surface area contributed by atoms with Gasteiger partial charge in [-0.05, 0) is 31.1 Å². The Bertz CT molecular complexity index is 782. The van der Waals surface area contributed by atoms with E-state index in [-0.39, 0.29) is 37.2 Å². The van der Waals surface area contributed by atoms with Crippen molar-refractivity contribution >= 4 is 35.6 Å². The highest BCUT2D eigenvalue weighted by Gasteiger charge is 2.32. The van der Waals surface area contributed by atoms with Crippen LogP contribution in [0.15, 0.2) is 4.99 Å². The lowest BCUT2D eigenvalue weighted by molar-refractivity contribution is -0.142. The van der Waals surface area contributed by atoms with Crippen LogP contribution in [-0.4, -0.2) is 71.4 Å². The Morgan fingerprint density at radius 1 is 0.857 bits per heavy atom. The zero-order chi connectivity index (χ0) is 27.3. The number of carboxylic acids is 1. The van der Waals surface area contributed by atoms with Gasteiger partial charge in [0.25, 0.3) is 0 Å². The number of hydrogen-bond acceptors (Lipinski definition) is 7. The molecule has 35 heavy (non-hydrogen) atoms. The van der Waals surface area contributed by atoms with E-state index in [2.05, 4.69) is 20.9 Å². The number of aliphatic carboxylic acids is 1. The summed E-state index contributed by atoms with van der Waals surface area (Å²) in [5, 5.41) is 16.7. The van der Waals surface area contributed by atoms with Gasteiger partial charge in [-0.3, -0.25) is 24.2 Å². The van der Waals surface area contributed by atoms with Gasteiger partial charge in [0.1, 0.15) is 18.1 Å². The van der Waals surface area contributed by atoms with Crippen LogP contribution < -0.4 is 38.9 Å². The first-order valence-electron chi connectivity index (χ1n) is 11.4. The highest BCUT2D eigenvalue weighted by Crippen LogP contribution is 2.08. The molecule has 14 heteroatoms. The zero-order valence-corrected chi connectivity index (χ0v) is 20.7. The van der Waals surface area contributed by atoms with Gasteiger partial charge in [0.05, 0.1) is 12.5 Å². The van der Waals surface area contributed by atoms with Crippen molar-refractivity contribution < 1.29 is 29.1 Å². The Balaban J connectivity index is 5.41. The first-order valence-corrected chi connectivity index (χ1v) is 11.4. The molecule has 0 rings (SSSR count). The van der Waals surface area contributed by atoms with Crippen LogP contribution in [0.2, 0.25) is 0 Å². The maximum absolute atomic E-state index is 12.9. The number of carboxylic acid groups (broad SMARTS) is 1. The predicted molar refractivity (Wildman–Crippen MR) is 129 cm³/mol. The lowest BCUT2D eigenvalue weighted by atomic mass is 10.00. The van der Waals surface area contributed by atoms with E-state index in [1.807, 2.05) is 13.8 Å². The molecular weight excluding hydrogens is 460 g/mol. The summed E-state index contributed by atoms with van der Waals surface area (Å²) in [7, 11) is 0. The van der Waals surface area contributed by atoms with Gasteiger partial charge in [-0.15, -0.1) is 0 Å². The summed E-state index contributed by atoms with van der Waals surface area (Å²) in [5.41, 5.74) is 21.5. The van der Waals surface area contributed by atoms with Crippen LogP contribution in [0.4, 0.5) is 0 Å². The quantitative estimate of drug-likeness (QED) is 0.0631. The molecule has 0 aromatic carbocycles. The summed E-state index contributed by atoms with van der Waals surface area (Å²) in [4.78, 5) is 64.9. The highest BCUT2D eigenvalue weighted by atomic mass is 16.4. The molecule has 0 aromatic rings. The maximum atomic E-state index is 12.9. The maximum Gasteiger partial charge on any atom is 0.326 e. The molecule has 0 fully saturated rings. The topological polar surface area (TPSA) is 258 Å². The smallest absolute Gasteiger partial charge is 0.326 e. The van der Waals surface area contributed by atoms with Crippen LogP contribution in [0.5, 0.6) is 0 Å². The number of amides is 4. The molecule has 0 saturated heterocycles. The molecule has 0 aliphatic carbocycles. The van der Waals surface area contributed by atoms with E-state index >= 15 is 0 Å². The van der Waals surface area contributed by atoms with Crippen molar-refractivity contribution in [2.24, 2.45) is 39.8 Å². The number of guanidine groups is 1. The number of carbonyl (C=O) groups excluding carboxylic acids is 4. The summed E-state index contributed by atoms with van der Waals surface area (Å²) < 4.78 is 0. The molecule has 14 nitrogen and oxygen atoms in total. The molecule has 0 bridgehead atoms. The average Bonchev–Trinajstić information content (AvgIpc) is 2.71. The van der Waals surface area contributed by atoms with Crippen LogP contribution in [0.3, 0.4) is 0 Å². The number of nitrogens with one attached hydrogen (secondary N) is 3. The van der Waals surface area contributed by atoms with Crippen molar-refractivity contribution in [1.82, 2.24) is 16.0 Å². The Morgan fingerprint density at radius 3 is 1.89 bits per heavy atom. The van der Waals surface area contributed by atoms with Crippen LogP contribution in [-0.2, 0) is 24.0 Å². The number of primary amides is 1. The van der Waals surface area contributed by atoms with Crippen molar-refractivity contribution in [3.05, 3.63) is 0 Å². The van der Waals surface area contributed by atoms with Gasteiger partial charge in [0.2, 0.25) is 23.6 Å². The molecule has 0 aliphatic rings. The first kappa shape index (κ1) is 31.6. The molecule has 12 N–H and O–H groups in total. The third-order valence-electron chi connectivity index (χ3n) is 4.91. The molecule has 4 atom stereocenters. The van der Waals surface area contributed by atoms with E-state index in [1.165, 1.54) is 0 Å². The van der Waals surface area contributed by atoms with Crippen molar-refractivity contribution in [2.45, 2.75) is 77.5 Å². The first-order chi connectivity index (χ1) is 16.1. The number of nitrogens with zero attached hydrogens (tertiary/aromatic N) is 1. The van der Waals surface area contributed by atoms with Crippen molar-refractivity contribution in [1.29, 1.82) is 0 Å². The summed E-state index contributed by atoms with van der Waals surface area (Å²) in [6, 6.07) is -4.66. The molecule has 200 valence electrons. The summed E-state index contributed by atoms with van der Waals surface area (Å²) >= 11 is 0. The molecule has 0 aromatic heterocycles. The van der Waals surface area contributed by atoms with Crippen LogP contribution >= 0.6 is 0 Å². The minimum absolute atomic E-state index is 0.00644. The molecule has 0 radical (unpaired) electrons. The van der Waals surface area contributed by atoms with Crippen molar-refractivity contribution in [3.8, 4) is 0 Å². The van der Waals surface area contributed by atoms with Gasteiger partial charge >= 0.3 is 5.97 Å². The molecule has 0 heterocycles. The minimum Gasteiger partial charge on any atom is -0.480 e. The van der Waals surface area contributed by atoms with E-state index < -0.39 is 60.2 Å². The summed E-state index contributed by atoms with van der Waals surface area (Å²) in [5.74, 6) is -4.79. The Morgan fingerprint density at radius 2 is 1.43 bits per heavy atom. The largest absolute Gasteiger partial charge is 0.480 e. The monoisotopic (exact) mass is 500 g/mol. The third-order valence-corrected chi connectivity index (χ3v) is 4.91. The Hall–Kier alpha value is -3.42. The summed E-state index contributed by atoms with van der Waals surface area (Å²) in [6.45, 7) is 7.31. The number of nitrogens with two attached hydrogens (primary N) is 4. The molecule has 0 spiro atoms. The fourth-order valence-corrected chi connectivity index (χ4v) is 3.12. The Labute approximate surface area is 205 Å². The molecular formula is C21H40N8O6. The lowest BCUT2D eigenvalue weighted by Crippen LogP contribution is -2.59. The van der Waals surface area contributed by atoms with Crippen LogP contribution in [0.25, 0.3) is 0 Å². The fraction of sp³-hybridized carbons (Fsp3) is 0.714. The number of rotatable bonds is 16. The standard InChI is InChI=1S/C21H40N8O6/c1-10(2)8-12(22)17(31)29-16(11(3)4)19(33)28-14(9-15(23)30)18(32)27-13(20(34)35)6-5-7-26-21(24)25/h10-14,16H,5-9,22H2,1-4H3,(H2,23,30)(H,27,32)(H,28,33)(H,29,31)(H,34,35)(H4,24,25,26). The molecule has 0 aliphatic heterocycles. The van der Waals surface area contributed by atoms with E-state index in [1.54, 1.807) is 13.8 Å². The zero-order valence-electron chi connectivity index (χ0n) is 20.7. The predicted octanol–water partition coefficient (Wildman–Crippen LogP) is -2.52. The van der Waals surface area contributed by atoms with Crippen LogP contribution in [0, 0.1) is 11.8 Å². The van der Waals surface area contributed by atoms with Gasteiger partial charge < -0.3 is 44.0 Å². The second-order valence-corrected chi connectivity index (χ2v) is 9.05. The van der Waals surface area contributed by atoms with Crippen molar-refractivity contribution in [3.63, 3.8) is 0 Å². The average molecular weight is 501 g/mol. The SMILES string of the molecule is CC(C)CC(N)C(=O)NC(C(=O)NC(CC(N)=O)C(=O)NC(CCCN=C(N)N)C(=O)O)C(C)C. The fourth-order valence-electron chi connectivity index (χ4n) is 3.12. The lowest BCUT2D eigenvalue weighted by Gasteiger charge is -2.27. The van der Waals surface area contributed by atoms with Gasteiger partial charge in [-0.1, -0.05) is 27.7 Å². The van der Waals surface area contributed by atoms with Gasteiger partial charge in [0, 0.05) is 6.54 Å². The minimum atomic E-state index is -1.46. The molecule has 0 saturated carbocycles. The Kier molecular flexibility index (Phi) is 14.0. The molecule has 4 amide bonds. The molecule has 4 unspecified atom stereocenters. The second kappa shape index (κ2) is 15.5. The highest BCUT2D eigenvalue weighted by molar-refractivity contribution is 5.96. The number of hydrogen-bond donors (Lipinski definition) is 8. The van der Waals surface area contributed by atoms with Gasteiger partial charge in [0.15, 0.2) is 5.96 Å². The van der Waals surface area contributed by atoms with E-state index in [0.717, 1.165) is 0 Å². The van der Waals surface area contributed by atoms with Crippen LogP contribution in [0.1, 0.15) is 53.4 Å².